The van der Waals surface area contributed by atoms with Crippen molar-refractivity contribution in [3.63, 3.8) is 0 Å². The van der Waals surface area contributed by atoms with Gasteiger partial charge in [-0.2, -0.15) is 5.10 Å². The lowest BCUT2D eigenvalue weighted by Crippen LogP contribution is -2.30. The third-order valence-electron chi connectivity index (χ3n) is 4.67. The zero-order chi connectivity index (χ0) is 19.2. The van der Waals surface area contributed by atoms with E-state index >= 15 is 0 Å². The van der Waals surface area contributed by atoms with Gasteiger partial charge in [-0.05, 0) is 43.8 Å². The monoisotopic (exact) mass is 363 g/mol. The Morgan fingerprint density at radius 3 is 2.74 bits per heavy atom. The summed E-state index contributed by atoms with van der Waals surface area (Å²) in [5.74, 6) is 0.538. The minimum Gasteiger partial charge on any atom is -0.307 e. The van der Waals surface area contributed by atoms with E-state index in [4.69, 9.17) is 0 Å². The number of anilines is 1. The quantitative estimate of drug-likeness (QED) is 0.700. The molecule has 0 saturated carbocycles. The van der Waals surface area contributed by atoms with Crippen molar-refractivity contribution in [2.45, 2.75) is 25.9 Å². The van der Waals surface area contributed by atoms with Crippen LogP contribution in [-0.2, 0) is 20.0 Å². The maximum Gasteiger partial charge on any atom is 0.256 e. The average Bonchev–Trinajstić information content (AvgIpc) is 3.07. The van der Waals surface area contributed by atoms with Crippen molar-refractivity contribution in [3.8, 4) is 0 Å². The number of hydrogen-bond donors (Lipinski definition) is 1. The van der Waals surface area contributed by atoms with Crippen molar-refractivity contribution in [2.75, 3.05) is 12.4 Å². The summed E-state index contributed by atoms with van der Waals surface area (Å²) in [7, 11) is 3.89. The molecule has 2 heterocycles. The molecule has 2 aromatic heterocycles. The first-order valence-corrected chi connectivity index (χ1v) is 9.01. The van der Waals surface area contributed by atoms with Gasteiger partial charge in [-0.1, -0.05) is 18.2 Å². The standard InChI is InChI=1S/C21H25N5O/c1-16(13-19-9-4-5-11-22-19)25(2)15-17-7-6-8-18(14-17)21(27)24-20-10-12-23-26(20)3/h4-12,14,16H,13,15H2,1-3H3,(H,24,27)/t16-/m1/s1. The van der Waals surface area contributed by atoms with Crippen LogP contribution in [0.1, 0.15) is 28.5 Å². The van der Waals surface area contributed by atoms with Crippen molar-refractivity contribution in [3.05, 3.63) is 77.7 Å². The highest BCUT2D eigenvalue weighted by molar-refractivity contribution is 6.03. The zero-order valence-electron chi connectivity index (χ0n) is 16.0. The van der Waals surface area contributed by atoms with E-state index in [0.29, 0.717) is 17.4 Å². The summed E-state index contributed by atoms with van der Waals surface area (Å²) in [6.07, 6.45) is 4.37. The average molecular weight is 363 g/mol. The maximum absolute atomic E-state index is 12.5. The van der Waals surface area contributed by atoms with E-state index in [0.717, 1.165) is 24.2 Å². The summed E-state index contributed by atoms with van der Waals surface area (Å²) in [5.41, 5.74) is 2.82. The van der Waals surface area contributed by atoms with Crippen LogP contribution in [0.25, 0.3) is 0 Å². The first-order valence-electron chi connectivity index (χ1n) is 9.01. The second kappa shape index (κ2) is 8.60. The lowest BCUT2D eigenvalue weighted by atomic mass is 10.1. The summed E-state index contributed by atoms with van der Waals surface area (Å²) < 4.78 is 1.63. The third-order valence-corrected chi connectivity index (χ3v) is 4.67. The highest BCUT2D eigenvalue weighted by Crippen LogP contribution is 2.13. The molecule has 1 aromatic carbocycles. The van der Waals surface area contributed by atoms with Gasteiger partial charge in [0.1, 0.15) is 5.82 Å². The molecule has 140 valence electrons. The summed E-state index contributed by atoms with van der Waals surface area (Å²) in [5, 5.41) is 6.95. The number of aromatic nitrogens is 3. The molecule has 0 aliphatic heterocycles. The molecule has 3 rings (SSSR count). The number of rotatable bonds is 7. The largest absolute Gasteiger partial charge is 0.307 e. The number of carbonyl (C=O) groups is 1. The van der Waals surface area contributed by atoms with E-state index in [2.05, 4.69) is 34.3 Å². The normalized spacial score (nSPS) is 12.1. The maximum atomic E-state index is 12.5. The third kappa shape index (κ3) is 5.01. The fourth-order valence-corrected chi connectivity index (χ4v) is 2.92. The Hall–Kier alpha value is -2.99. The molecular formula is C21H25N5O. The Balaban J connectivity index is 1.62. The molecule has 0 fully saturated rings. The molecule has 0 bridgehead atoms. The number of nitrogens with zero attached hydrogens (tertiary/aromatic N) is 4. The number of pyridine rings is 1. The first-order chi connectivity index (χ1) is 13.0. The van der Waals surface area contributed by atoms with Crippen LogP contribution < -0.4 is 5.32 Å². The summed E-state index contributed by atoms with van der Waals surface area (Å²) in [6.45, 7) is 2.95. The van der Waals surface area contributed by atoms with E-state index < -0.39 is 0 Å². The van der Waals surface area contributed by atoms with Gasteiger partial charge in [0.05, 0.1) is 6.20 Å². The number of hydrogen-bond acceptors (Lipinski definition) is 4. The molecule has 0 radical (unpaired) electrons. The molecule has 1 N–H and O–H groups in total. The fourth-order valence-electron chi connectivity index (χ4n) is 2.92. The fraction of sp³-hybridized carbons (Fsp3) is 0.286. The molecule has 1 amide bonds. The lowest BCUT2D eigenvalue weighted by molar-refractivity contribution is 0.102. The predicted octanol–water partition coefficient (Wildman–Crippen LogP) is 3.13. The first kappa shape index (κ1) is 18.8. The Bertz CT molecular complexity index is 890. The van der Waals surface area contributed by atoms with Gasteiger partial charge in [0, 0.05) is 49.6 Å². The van der Waals surface area contributed by atoms with Crippen molar-refractivity contribution >= 4 is 11.7 Å². The van der Waals surface area contributed by atoms with Gasteiger partial charge in [0.25, 0.3) is 5.91 Å². The van der Waals surface area contributed by atoms with E-state index in [1.54, 1.807) is 24.0 Å². The van der Waals surface area contributed by atoms with Crippen LogP contribution in [0.5, 0.6) is 0 Å². The molecular weight excluding hydrogens is 338 g/mol. The lowest BCUT2D eigenvalue weighted by Gasteiger charge is -2.24. The van der Waals surface area contributed by atoms with Gasteiger partial charge in [-0.25, -0.2) is 0 Å². The van der Waals surface area contributed by atoms with Crippen LogP contribution in [-0.4, -0.2) is 38.7 Å². The van der Waals surface area contributed by atoms with E-state index in [-0.39, 0.29) is 5.91 Å². The van der Waals surface area contributed by atoms with Gasteiger partial charge in [0.15, 0.2) is 0 Å². The number of carbonyl (C=O) groups excluding carboxylic acids is 1. The van der Waals surface area contributed by atoms with E-state index in [1.807, 2.05) is 48.7 Å². The van der Waals surface area contributed by atoms with Crippen molar-refractivity contribution in [2.24, 2.45) is 7.05 Å². The summed E-state index contributed by atoms with van der Waals surface area (Å²) in [4.78, 5) is 19.2. The van der Waals surface area contributed by atoms with Gasteiger partial charge in [0.2, 0.25) is 0 Å². The Morgan fingerprint density at radius 1 is 1.19 bits per heavy atom. The Labute approximate surface area is 159 Å². The molecule has 0 saturated heterocycles. The number of likely N-dealkylation sites (N-methyl/N-ethyl adjacent to an activating group) is 1. The highest BCUT2D eigenvalue weighted by Gasteiger charge is 2.13. The van der Waals surface area contributed by atoms with Crippen LogP contribution in [0.2, 0.25) is 0 Å². The van der Waals surface area contributed by atoms with Crippen molar-refractivity contribution in [1.29, 1.82) is 0 Å². The molecule has 6 heteroatoms. The van der Waals surface area contributed by atoms with Gasteiger partial charge >= 0.3 is 0 Å². The molecule has 6 nitrogen and oxygen atoms in total. The van der Waals surface area contributed by atoms with Gasteiger partial charge in [-0.3, -0.25) is 19.4 Å². The second-order valence-electron chi connectivity index (χ2n) is 6.78. The SMILES string of the molecule is C[C@H](Cc1ccccn1)N(C)Cc1cccc(C(=O)Nc2ccnn2C)c1. The topological polar surface area (TPSA) is 63.1 Å². The highest BCUT2D eigenvalue weighted by atomic mass is 16.1. The Kier molecular flexibility index (Phi) is 5.98. The zero-order valence-corrected chi connectivity index (χ0v) is 16.0. The molecule has 0 aliphatic rings. The van der Waals surface area contributed by atoms with Crippen molar-refractivity contribution < 1.29 is 4.79 Å². The van der Waals surface area contributed by atoms with Crippen LogP contribution in [0.4, 0.5) is 5.82 Å². The minimum atomic E-state index is -0.135. The smallest absolute Gasteiger partial charge is 0.256 e. The number of aryl methyl sites for hydroxylation is 1. The van der Waals surface area contributed by atoms with E-state index in [9.17, 15) is 4.79 Å². The molecule has 1 atom stereocenters. The van der Waals surface area contributed by atoms with Crippen LogP contribution >= 0.6 is 0 Å². The second-order valence-corrected chi connectivity index (χ2v) is 6.78. The van der Waals surface area contributed by atoms with Gasteiger partial charge < -0.3 is 5.32 Å². The molecule has 0 spiro atoms. The summed E-state index contributed by atoms with van der Waals surface area (Å²) in [6, 6.07) is 15.8. The summed E-state index contributed by atoms with van der Waals surface area (Å²) >= 11 is 0. The molecule has 27 heavy (non-hydrogen) atoms. The van der Waals surface area contributed by atoms with Crippen molar-refractivity contribution in [1.82, 2.24) is 19.7 Å². The number of amides is 1. The Morgan fingerprint density at radius 2 is 2.04 bits per heavy atom. The number of benzene rings is 1. The minimum absolute atomic E-state index is 0.135. The molecule has 3 aromatic rings. The predicted molar refractivity (Wildman–Crippen MR) is 106 cm³/mol. The van der Waals surface area contributed by atoms with Crippen LogP contribution in [0.3, 0.4) is 0 Å². The van der Waals surface area contributed by atoms with Crippen LogP contribution in [0.15, 0.2) is 60.9 Å². The molecule has 0 aliphatic carbocycles. The van der Waals surface area contributed by atoms with Gasteiger partial charge in [-0.15, -0.1) is 0 Å². The van der Waals surface area contributed by atoms with E-state index in [1.165, 1.54) is 0 Å². The number of nitrogens with one attached hydrogen (secondary N) is 1. The van der Waals surface area contributed by atoms with Crippen LogP contribution in [0, 0.1) is 0 Å². The molecule has 0 unspecified atom stereocenters.